The molecule has 0 N–H and O–H groups in total. The van der Waals surface area contributed by atoms with E-state index in [0.717, 1.165) is 40.9 Å². The summed E-state index contributed by atoms with van der Waals surface area (Å²) in [6.07, 6.45) is 0.587. The van der Waals surface area contributed by atoms with Crippen LogP contribution in [0.4, 0.5) is 5.69 Å². The van der Waals surface area contributed by atoms with E-state index in [1.165, 1.54) is 0 Å². The van der Waals surface area contributed by atoms with Crippen LogP contribution in [0, 0.1) is 0 Å². The number of carbonyl (C=O) groups excluding carboxylic acids is 1. The van der Waals surface area contributed by atoms with Gasteiger partial charge in [0.25, 0.3) is 0 Å². The fraction of sp³-hybridized carbons (Fsp3) is 0.154. The molecule has 150 valence electrons. The minimum absolute atomic E-state index is 0.0468. The van der Waals surface area contributed by atoms with Gasteiger partial charge in [0, 0.05) is 35.8 Å². The Morgan fingerprint density at radius 2 is 1.47 bits per heavy atom. The number of anilines is 1. The summed E-state index contributed by atoms with van der Waals surface area (Å²) >= 11 is 0. The highest BCUT2D eigenvalue weighted by atomic mass is 16.4. The van der Waals surface area contributed by atoms with Crippen LogP contribution < -0.4 is 10.5 Å². The van der Waals surface area contributed by atoms with Crippen molar-refractivity contribution in [3.8, 4) is 22.3 Å². The second kappa shape index (κ2) is 8.37. The van der Waals surface area contributed by atoms with Crippen molar-refractivity contribution in [3.63, 3.8) is 0 Å². The summed E-state index contributed by atoms with van der Waals surface area (Å²) in [5, 5.41) is 0.750. The SMILES string of the molecule is CCN(CC)c1ccc2c(-c3ccc(-c4ccccc4)cc3)c(C=O)c(=O)oc2c1. The molecule has 0 saturated heterocycles. The molecule has 30 heavy (non-hydrogen) atoms. The summed E-state index contributed by atoms with van der Waals surface area (Å²) in [7, 11) is 0. The summed E-state index contributed by atoms with van der Waals surface area (Å²) in [5.74, 6) is 0. The van der Waals surface area contributed by atoms with Crippen LogP contribution in [-0.4, -0.2) is 19.4 Å². The number of hydrogen-bond donors (Lipinski definition) is 0. The molecule has 1 aromatic heterocycles. The zero-order chi connectivity index (χ0) is 21.1. The quantitative estimate of drug-likeness (QED) is 0.305. The maximum Gasteiger partial charge on any atom is 0.347 e. The van der Waals surface area contributed by atoms with Gasteiger partial charge in [0.2, 0.25) is 0 Å². The minimum atomic E-state index is -0.615. The smallest absolute Gasteiger partial charge is 0.347 e. The number of hydrogen-bond acceptors (Lipinski definition) is 4. The summed E-state index contributed by atoms with van der Waals surface area (Å²) in [5.41, 5.74) is 4.51. The predicted octanol–water partition coefficient (Wildman–Crippen LogP) is 5.79. The van der Waals surface area contributed by atoms with Crippen molar-refractivity contribution in [1.82, 2.24) is 0 Å². The third kappa shape index (κ3) is 3.52. The normalized spacial score (nSPS) is 10.9. The van der Waals surface area contributed by atoms with Crippen molar-refractivity contribution >= 4 is 22.9 Å². The zero-order valence-electron chi connectivity index (χ0n) is 17.1. The number of aldehydes is 1. The Balaban J connectivity index is 1.88. The minimum Gasteiger partial charge on any atom is -0.422 e. The van der Waals surface area contributed by atoms with Crippen LogP contribution in [0.2, 0.25) is 0 Å². The van der Waals surface area contributed by atoms with Gasteiger partial charge in [0.15, 0.2) is 6.29 Å². The Labute approximate surface area is 175 Å². The molecular weight excluding hydrogens is 374 g/mol. The molecular formula is C26H23NO3. The second-order valence-corrected chi connectivity index (χ2v) is 7.09. The lowest BCUT2D eigenvalue weighted by molar-refractivity contribution is 0.112. The molecule has 0 bridgehead atoms. The van der Waals surface area contributed by atoms with E-state index in [4.69, 9.17) is 4.42 Å². The molecule has 1 heterocycles. The van der Waals surface area contributed by atoms with E-state index in [9.17, 15) is 9.59 Å². The van der Waals surface area contributed by atoms with E-state index in [-0.39, 0.29) is 5.56 Å². The van der Waals surface area contributed by atoms with Gasteiger partial charge in [-0.05, 0) is 42.7 Å². The van der Waals surface area contributed by atoms with Gasteiger partial charge in [0.1, 0.15) is 11.1 Å². The van der Waals surface area contributed by atoms with Gasteiger partial charge < -0.3 is 9.32 Å². The van der Waals surface area contributed by atoms with Crippen LogP contribution in [0.3, 0.4) is 0 Å². The van der Waals surface area contributed by atoms with Crippen LogP contribution in [-0.2, 0) is 0 Å². The Kier molecular flexibility index (Phi) is 5.48. The number of rotatable bonds is 6. The first-order valence-electron chi connectivity index (χ1n) is 10.1. The predicted molar refractivity (Wildman–Crippen MR) is 122 cm³/mol. The van der Waals surface area contributed by atoms with Crippen LogP contribution in [0.15, 0.2) is 82.0 Å². The average Bonchev–Trinajstić information content (AvgIpc) is 2.79. The lowest BCUT2D eigenvalue weighted by Crippen LogP contribution is -2.21. The Morgan fingerprint density at radius 1 is 0.833 bits per heavy atom. The molecule has 0 saturated carbocycles. The highest BCUT2D eigenvalue weighted by molar-refractivity contribution is 6.02. The van der Waals surface area contributed by atoms with E-state index in [1.54, 1.807) is 0 Å². The number of benzene rings is 3. The molecule has 0 fully saturated rings. The van der Waals surface area contributed by atoms with E-state index >= 15 is 0 Å². The van der Waals surface area contributed by atoms with Crippen molar-refractivity contribution in [2.24, 2.45) is 0 Å². The lowest BCUT2D eigenvalue weighted by atomic mass is 9.95. The third-order valence-corrected chi connectivity index (χ3v) is 5.45. The highest BCUT2D eigenvalue weighted by Crippen LogP contribution is 2.33. The third-order valence-electron chi connectivity index (χ3n) is 5.45. The lowest BCUT2D eigenvalue weighted by Gasteiger charge is -2.21. The van der Waals surface area contributed by atoms with Crippen LogP contribution >= 0.6 is 0 Å². The van der Waals surface area contributed by atoms with Crippen molar-refractivity contribution in [3.05, 3.63) is 88.8 Å². The van der Waals surface area contributed by atoms with Crippen LogP contribution in [0.5, 0.6) is 0 Å². The van der Waals surface area contributed by atoms with Gasteiger partial charge in [-0.15, -0.1) is 0 Å². The highest BCUT2D eigenvalue weighted by Gasteiger charge is 2.17. The average molecular weight is 397 g/mol. The Hall–Kier alpha value is -3.66. The summed E-state index contributed by atoms with van der Waals surface area (Å²) in [6.45, 7) is 5.87. The molecule has 0 aliphatic heterocycles. The van der Waals surface area contributed by atoms with Crippen LogP contribution in [0.25, 0.3) is 33.2 Å². The van der Waals surface area contributed by atoms with Gasteiger partial charge in [-0.2, -0.15) is 0 Å². The Morgan fingerprint density at radius 3 is 2.10 bits per heavy atom. The first-order chi connectivity index (χ1) is 14.7. The molecule has 4 heteroatoms. The van der Waals surface area contributed by atoms with E-state index in [1.807, 2.05) is 72.8 Å². The monoisotopic (exact) mass is 397 g/mol. The largest absolute Gasteiger partial charge is 0.422 e. The fourth-order valence-electron chi connectivity index (χ4n) is 3.87. The van der Waals surface area contributed by atoms with Crippen LogP contribution in [0.1, 0.15) is 24.2 Å². The van der Waals surface area contributed by atoms with E-state index in [2.05, 4.69) is 18.7 Å². The summed E-state index contributed by atoms with van der Waals surface area (Å²) < 4.78 is 5.51. The number of nitrogens with zero attached hydrogens (tertiary/aromatic N) is 1. The first kappa shape index (κ1) is 19.6. The molecule has 0 aliphatic carbocycles. The van der Waals surface area contributed by atoms with Crippen molar-refractivity contribution < 1.29 is 9.21 Å². The zero-order valence-corrected chi connectivity index (χ0v) is 17.1. The summed E-state index contributed by atoms with van der Waals surface area (Å²) in [6, 6.07) is 23.8. The maximum absolute atomic E-state index is 12.6. The molecule has 0 unspecified atom stereocenters. The molecule has 3 aromatic carbocycles. The van der Waals surface area contributed by atoms with Gasteiger partial charge in [-0.25, -0.2) is 4.79 Å². The molecule has 0 radical (unpaired) electrons. The first-order valence-corrected chi connectivity index (χ1v) is 10.1. The standard InChI is InChI=1S/C26H23NO3/c1-3-27(4-2)21-14-15-22-24(16-21)30-26(29)23(17-28)25(22)20-12-10-19(11-13-20)18-8-6-5-7-9-18/h5-17H,3-4H2,1-2H3. The maximum atomic E-state index is 12.6. The van der Waals surface area contributed by atoms with Gasteiger partial charge in [0.05, 0.1) is 0 Å². The van der Waals surface area contributed by atoms with Gasteiger partial charge in [-0.1, -0.05) is 54.6 Å². The molecule has 0 atom stereocenters. The number of fused-ring (bicyclic) bond motifs is 1. The van der Waals surface area contributed by atoms with Gasteiger partial charge in [-0.3, -0.25) is 4.79 Å². The topological polar surface area (TPSA) is 50.5 Å². The molecule has 4 aromatic rings. The molecule has 0 amide bonds. The fourth-order valence-corrected chi connectivity index (χ4v) is 3.87. The molecule has 0 aliphatic rings. The van der Waals surface area contributed by atoms with Gasteiger partial charge >= 0.3 is 5.63 Å². The van der Waals surface area contributed by atoms with Crippen molar-refractivity contribution in [2.45, 2.75) is 13.8 Å². The molecule has 4 rings (SSSR count). The van der Waals surface area contributed by atoms with E-state index < -0.39 is 5.63 Å². The van der Waals surface area contributed by atoms with E-state index in [0.29, 0.717) is 17.4 Å². The number of carbonyl (C=O) groups is 1. The summed E-state index contributed by atoms with van der Waals surface area (Å²) in [4.78, 5) is 26.5. The molecule has 0 spiro atoms. The Bertz CT molecular complexity index is 1240. The molecule has 4 nitrogen and oxygen atoms in total. The van der Waals surface area contributed by atoms with Crippen molar-refractivity contribution in [2.75, 3.05) is 18.0 Å². The van der Waals surface area contributed by atoms with Crippen molar-refractivity contribution in [1.29, 1.82) is 0 Å². The second-order valence-electron chi connectivity index (χ2n) is 7.09.